The molecule has 2 aromatic rings. The molecule has 2 heterocycles. The van der Waals surface area contributed by atoms with Crippen LogP contribution in [0.1, 0.15) is 46.0 Å². The maximum absolute atomic E-state index is 13.2. The van der Waals surface area contributed by atoms with Crippen molar-refractivity contribution in [3.05, 3.63) is 52.1 Å². The Labute approximate surface area is 212 Å². The van der Waals surface area contributed by atoms with Gasteiger partial charge in [-0.25, -0.2) is 4.79 Å². The highest BCUT2D eigenvalue weighted by Gasteiger charge is 2.40. The Bertz CT molecular complexity index is 1260. The van der Waals surface area contributed by atoms with Crippen LogP contribution in [0.3, 0.4) is 0 Å². The number of carboxylic acid groups (broad SMARTS) is 1. The summed E-state index contributed by atoms with van der Waals surface area (Å²) in [5.41, 5.74) is 2.40. The number of imide groups is 1. The smallest absolute Gasteiger partial charge is 0.341 e. The third-order valence-electron chi connectivity index (χ3n) is 6.34. The second-order valence-corrected chi connectivity index (χ2v) is 10.4. The zero-order valence-corrected chi connectivity index (χ0v) is 21.2. The molecule has 9 nitrogen and oxygen atoms in total. The van der Waals surface area contributed by atoms with Gasteiger partial charge < -0.3 is 19.3 Å². The summed E-state index contributed by atoms with van der Waals surface area (Å²) in [7, 11) is 0. The molecule has 0 radical (unpaired) electrons. The van der Waals surface area contributed by atoms with E-state index in [0.717, 1.165) is 22.9 Å². The Hall–Kier alpha value is -3.53. The van der Waals surface area contributed by atoms with E-state index in [1.54, 1.807) is 26.0 Å². The molecule has 0 aliphatic carbocycles. The third-order valence-corrected chi connectivity index (χ3v) is 7.33. The van der Waals surface area contributed by atoms with Crippen LogP contribution in [0, 0.1) is 20.8 Å². The number of hydrogen-bond acceptors (Lipinski definition) is 8. The van der Waals surface area contributed by atoms with E-state index in [1.807, 2.05) is 26.0 Å². The van der Waals surface area contributed by atoms with Gasteiger partial charge in [-0.15, -0.1) is 0 Å². The number of carboxylic acids is 1. The molecule has 0 spiro atoms. The first-order valence-electron chi connectivity index (χ1n) is 11.4. The van der Waals surface area contributed by atoms with Gasteiger partial charge in [0, 0.05) is 5.56 Å². The number of ketones is 1. The molecule has 4 rings (SSSR count). The van der Waals surface area contributed by atoms with Crippen molar-refractivity contribution in [3.63, 3.8) is 0 Å². The van der Waals surface area contributed by atoms with Gasteiger partial charge in [0.05, 0.1) is 17.2 Å². The maximum atomic E-state index is 13.2. The summed E-state index contributed by atoms with van der Waals surface area (Å²) in [5, 5.41) is 10.5. The monoisotopic (exact) mass is 513 g/mol. The number of carbonyl (C=O) groups excluding carboxylic acids is 3. The normalized spacial score (nSPS) is 21.0. The standard InChI is InChI=1S/C26H27NO8S/c1-13-14(2)23-21(15(3)22(13)33-11-20(29)30)18(28)10-26(4,35-23)12-34-17-7-5-16(6-8-17)9-19-24(31)27-25(32)36-19/h5-8,19H,9-12H2,1-4H3,(H,29,30)(H,27,31,32). The Kier molecular flexibility index (Phi) is 6.99. The summed E-state index contributed by atoms with van der Waals surface area (Å²) in [4.78, 5) is 47.3. The molecule has 2 N–H and O–H groups in total. The molecule has 2 aliphatic heterocycles. The van der Waals surface area contributed by atoms with Crippen LogP contribution in [0.5, 0.6) is 17.2 Å². The van der Waals surface area contributed by atoms with Gasteiger partial charge in [-0.1, -0.05) is 23.9 Å². The SMILES string of the molecule is Cc1c(C)c2c(c(C)c1OCC(=O)O)C(=O)CC(C)(COc1ccc(CC3SC(=O)NC3=O)cc1)O2. The minimum Gasteiger partial charge on any atom is -0.489 e. The number of fused-ring (bicyclic) bond motifs is 1. The molecule has 0 saturated carbocycles. The summed E-state index contributed by atoms with van der Waals surface area (Å²) in [6, 6.07) is 7.24. The quantitative estimate of drug-likeness (QED) is 0.542. The van der Waals surface area contributed by atoms with Crippen LogP contribution in [0.15, 0.2) is 24.3 Å². The van der Waals surface area contributed by atoms with Gasteiger partial charge in [-0.3, -0.25) is 19.7 Å². The van der Waals surface area contributed by atoms with Crippen molar-refractivity contribution in [2.75, 3.05) is 13.2 Å². The first-order chi connectivity index (χ1) is 17.0. The average Bonchev–Trinajstić information content (AvgIpc) is 3.12. The molecule has 36 heavy (non-hydrogen) atoms. The minimum absolute atomic E-state index is 0.0852. The topological polar surface area (TPSA) is 128 Å². The van der Waals surface area contributed by atoms with Gasteiger partial charge in [-0.2, -0.15) is 0 Å². The summed E-state index contributed by atoms with van der Waals surface area (Å²) in [5.74, 6) is -0.0551. The molecule has 2 amide bonds. The fourth-order valence-corrected chi connectivity index (χ4v) is 5.26. The van der Waals surface area contributed by atoms with Crippen molar-refractivity contribution in [2.45, 2.75) is 51.4 Å². The Morgan fingerprint density at radius 3 is 2.42 bits per heavy atom. The molecule has 2 atom stereocenters. The fourth-order valence-electron chi connectivity index (χ4n) is 4.40. The number of thioether (sulfide) groups is 1. The van der Waals surface area contributed by atoms with E-state index < -0.39 is 23.4 Å². The lowest BCUT2D eigenvalue weighted by atomic mass is 9.86. The highest BCUT2D eigenvalue weighted by Crippen LogP contribution is 2.44. The first-order valence-corrected chi connectivity index (χ1v) is 12.3. The number of nitrogens with one attached hydrogen (secondary N) is 1. The largest absolute Gasteiger partial charge is 0.489 e. The van der Waals surface area contributed by atoms with E-state index in [1.165, 1.54) is 0 Å². The number of rotatable bonds is 8. The summed E-state index contributed by atoms with van der Waals surface area (Å²) in [6.45, 7) is 6.80. The number of hydrogen-bond donors (Lipinski definition) is 2. The molecule has 2 aromatic carbocycles. The number of carbonyl (C=O) groups is 4. The molecule has 190 valence electrons. The molecule has 1 fully saturated rings. The molecule has 10 heteroatoms. The van der Waals surface area contributed by atoms with Crippen LogP contribution in [-0.4, -0.2) is 52.1 Å². The molecule has 0 aromatic heterocycles. The predicted octanol–water partition coefficient (Wildman–Crippen LogP) is 3.77. The van der Waals surface area contributed by atoms with E-state index in [2.05, 4.69) is 5.32 Å². The Morgan fingerprint density at radius 2 is 1.81 bits per heavy atom. The van der Waals surface area contributed by atoms with Gasteiger partial charge in [-0.05, 0) is 62.9 Å². The lowest BCUT2D eigenvalue weighted by molar-refractivity contribution is -0.139. The second-order valence-electron chi connectivity index (χ2n) is 9.26. The van der Waals surface area contributed by atoms with Gasteiger partial charge in [0.15, 0.2) is 12.4 Å². The fraction of sp³-hybridized carbons (Fsp3) is 0.385. The zero-order valence-electron chi connectivity index (χ0n) is 20.4. The molecule has 0 bridgehead atoms. The maximum Gasteiger partial charge on any atom is 0.341 e. The number of ether oxygens (including phenoxy) is 3. The van der Waals surface area contributed by atoms with Gasteiger partial charge in [0.1, 0.15) is 29.5 Å². The minimum atomic E-state index is -1.09. The van der Waals surface area contributed by atoms with Crippen molar-refractivity contribution in [3.8, 4) is 17.2 Å². The highest BCUT2D eigenvalue weighted by atomic mass is 32.2. The van der Waals surface area contributed by atoms with Crippen molar-refractivity contribution >= 4 is 34.7 Å². The van der Waals surface area contributed by atoms with Crippen molar-refractivity contribution < 1.29 is 38.5 Å². The number of benzene rings is 2. The highest BCUT2D eigenvalue weighted by molar-refractivity contribution is 8.15. The van der Waals surface area contributed by atoms with Crippen LogP contribution in [-0.2, 0) is 16.0 Å². The lowest BCUT2D eigenvalue weighted by Crippen LogP contribution is -2.45. The lowest BCUT2D eigenvalue weighted by Gasteiger charge is -2.37. The average molecular weight is 514 g/mol. The van der Waals surface area contributed by atoms with Crippen LogP contribution in [0.4, 0.5) is 4.79 Å². The molecule has 2 aliphatic rings. The first kappa shape index (κ1) is 25.6. The van der Waals surface area contributed by atoms with E-state index in [4.69, 9.17) is 19.3 Å². The molecular weight excluding hydrogens is 486 g/mol. The third kappa shape index (κ3) is 5.18. The summed E-state index contributed by atoms with van der Waals surface area (Å²) in [6.07, 6.45) is 0.520. The Morgan fingerprint density at radius 1 is 1.11 bits per heavy atom. The second kappa shape index (κ2) is 9.85. The van der Waals surface area contributed by atoms with Crippen LogP contribution in [0.25, 0.3) is 0 Å². The van der Waals surface area contributed by atoms with Crippen molar-refractivity contribution in [1.82, 2.24) is 5.32 Å². The number of amides is 2. The number of Topliss-reactive ketones (excluding diaryl/α,β-unsaturated/α-hetero) is 1. The number of aliphatic carboxylic acids is 1. The van der Waals surface area contributed by atoms with Crippen molar-refractivity contribution in [1.29, 1.82) is 0 Å². The summed E-state index contributed by atoms with van der Waals surface area (Å²) >= 11 is 0.990. The molecule has 2 unspecified atom stereocenters. The van der Waals surface area contributed by atoms with Crippen molar-refractivity contribution in [2.24, 2.45) is 0 Å². The predicted molar refractivity (Wildman–Crippen MR) is 132 cm³/mol. The van der Waals surface area contributed by atoms with E-state index in [-0.39, 0.29) is 30.0 Å². The van der Waals surface area contributed by atoms with Crippen LogP contribution in [0.2, 0.25) is 0 Å². The van der Waals surface area contributed by atoms with Gasteiger partial charge >= 0.3 is 5.97 Å². The van der Waals surface area contributed by atoms with Gasteiger partial charge in [0.2, 0.25) is 5.91 Å². The van der Waals surface area contributed by atoms with Crippen LogP contribution >= 0.6 is 11.8 Å². The van der Waals surface area contributed by atoms with E-state index in [9.17, 15) is 19.2 Å². The molecule has 1 saturated heterocycles. The van der Waals surface area contributed by atoms with Gasteiger partial charge in [0.25, 0.3) is 5.24 Å². The molecular formula is C26H27NO8S. The summed E-state index contributed by atoms with van der Waals surface area (Å²) < 4.78 is 17.8. The van der Waals surface area contributed by atoms with E-state index >= 15 is 0 Å². The van der Waals surface area contributed by atoms with Crippen LogP contribution < -0.4 is 19.5 Å². The van der Waals surface area contributed by atoms with E-state index in [0.29, 0.717) is 40.4 Å². The zero-order chi connectivity index (χ0) is 26.2. The Balaban J connectivity index is 1.46.